The molecule has 0 heterocycles. The summed E-state index contributed by atoms with van der Waals surface area (Å²) in [4.78, 5) is 22.6. The third kappa shape index (κ3) is 3.35. The van der Waals surface area contributed by atoms with E-state index in [9.17, 15) is 9.59 Å². The fraction of sp³-hybridized carbons (Fsp3) is 0.840. The number of methoxy groups -OCH3 is 1. The van der Waals surface area contributed by atoms with Crippen LogP contribution >= 0.6 is 0 Å². The smallest absolute Gasteiger partial charge is 0.302 e. The highest BCUT2D eigenvalue weighted by molar-refractivity contribution is 5.66. The lowest BCUT2D eigenvalue weighted by molar-refractivity contribution is -0.160. The van der Waals surface area contributed by atoms with Crippen LogP contribution in [0.1, 0.15) is 78.6 Å². The van der Waals surface area contributed by atoms with Gasteiger partial charge >= 0.3 is 5.97 Å². The molecule has 0 aromatic rings. The average Bonchev–Trinajstić information content (AvgIpc) is 3.03. The molecule has 4 fully saturated rings. The van der Waals surface area contributed by atoms with Crippen LogP contribution in [-0.2, 0) is 19.1 Å². The first-order chi connectivity index (χ1) is 13.8. The molecule has 0 aromatic carbocycles. The monoisotopic (exact) mass is 402 g/mol. The minimum Gasteiger partial charge on any atom is -0.501 e. The Balaban J connectivity index is 1.54. The lowest BCUT2D eigenvalue weighted by Gasteiger charge is -2.61. The van der Waals surface area contributed by atoms with Gasteiger partial charge in [-0.2, -0.15) is 0 Å². The fourth-order valence-corrected chi connectivity index (χ4v) is 8.42. The van der Waals surface area contributed by atoms with Crippen molar-refractivity contribution < 1.29 is 19.1 Å². The van der Waals surface area contributed by atoms with E-state index in [4.69, 9.17) is 9.47 Å². The summed E-state index contributed by atoms with van der Waals surface area (Å²) >= 11 is 0. The van der Waals surface area contributed by atoms with Crippen LogP contribution in [0.25, 0.3) is 0 Å². The van der Waals surface area contributed by atoms with E-state index in [0.717, 1.165) is 49.1 Å². The van der Waals surface area contributed by atoms with Crippen molar-refractivity contribution in [3.05, 3.63) is 11.8 Å². The summed E-state index contributed by atoms with van der Waals surface area (Å²) in [6.45, 7) is 6.55. The lowest BCUT2D eigenvalue weighted by Crippen LogP contribution is -2.54. The van der Waals surface area contributed by atoms with Crippen LogP contribution in [0.2, 0.25) is 0 Å². The van der Waals surface area contributed by atoms with Crippen LogP contribution in [0.4, 0.5) is 0 Å². The van der Waals surface area contributed by atoms with Crippen LogP contribution in [-0.4, -0.2) is 25.5 Å². The van der Waals surface area contributed by atoms with Crippen LogP contribution in [0, 0.1) is 40.4 Å². The number of fused-ring (bicyclic) bond motifs is 5. The standard InChI is InChI=1S/C25H38O4/c1-16(27)29-18-9-12-24(2)17(15-18)5-6-19-20-7-8-22(23(28-4)11-14-26)25(20,3)13-10-21(19)24/h11,14,17-22H,5-10,12-13,15H2,1-4H3. The zero-order chi connectivity index (χ0) is 20.8. The molecule has 0 aromatic heterocycles. The molecular weight excluding hydrogens is 364 g/mol. The fourth-order valence-electron chi connectivity index (χ4n) is 8.42. The summed E-state index contributed by atoms with van der Waals surface area (Å²) in [6, 6.07) is 0. The van der Waals surface area contributed by atoms with Crippen LogP contribution in [0.5, 0.6) is 0 Å². The minimum atomic E-state index is -0.130. The van der Waals surface area contributed by atoms with Gasteiger partial charge in [-0.3, -0.25) is 9.59 Å². The van der Waals surface area contributed by atoms with E-state index in [1.165, 1.54) is 45.4 Å². The Hall–Kier alpha value is -1.32. The summed E-state index contributed by atoms with van der Waals surface area (Å²) in [5, 5.41) is 0. The molecule has 4 saturated carbocycles. The predicted octanol–water partition coefficient (Wildman–Crippen LogP) is 5.31. The maximum absolute atomic E-state index is 11.4. The summed E-state index contributed by atoms with van der Waals surface area (Å²) in [6.07, 6.45) is 13.5. The maximum atomic E-state index is 11.4. The predicted molar refractivity (Wildman–Crippen MR) is 112 cm³/mol. The zero-order valence-electron chi connectivity index (χ0n) is 18.6. The molecule has 8 unspecified atom stereocenters. The molecule has 29 heavy (non-hydrogen) atoms. The normalized spacial score (nSPS) is 46.8. The summed E-state index contributed by atoms with van der Waals surface area (Å²) < 4.78 is 11.3. The second-order valence-corrected chi connectivity index (χ2v) is 10.7. The van der Waals surface area contributed by atoms with E-state index in [1.54, 1.807) is 13.2 Å². The van der Waals surface area contributed by atoms with Gasteiger partial charge in [0.25, 0.3) is 0 Å². The third-order valence-electron chi connectivity index (χ3n) is 9.76. The Morgan fingerprint density at radius 1 is 0.966 bits per heavy atom. The number of aldehydes is 1. The molecule has 0 N–H and O–H groups in total. The van der Waals surface area contributed by atoms with E-state index in [0.29, 0.717) is 17.3 Å². The molecule has 0 aliphatic heterocycles. The van der Waals surface area contributed by atoms with Crippen LogP contribution < -0.4 is 0 Å². The minimum absolute atomic E-state index is 0.129. The Bertz CT molecular complexity index is 684. The van der Waals surface area contributed by atoms with Gasteiger partial charge in [0.2, 0.25) is 0 Å². The van der Waals surface area contributed by atoms with Crippen molar-refractivity contribution in [2.75, 3.05) is 7.11 Å². The van der Waals surface area contributed by atoms with E-state index in [-0.39, 0.29) is 17.5 Å². The molecule has 4 rings (SSSR count). The Kier molecular flexibility index (Phi) is 5.59. The number of hydrogen-bond donors (Lipinski definition) is 0. The second kappa shape index (κ2) is 7.74. The molecule has 0 radical (unpaired) electrons. The summed E-state index contributed by atoms with van der Waals surface area (Å²) in [5.41, 5.74) is 0.645. The number of ether oxygens (including phenoxy) is 2. The van der Waals surface area contributed by atoms with Gasteiger partial charge < -0.3 is 9.47 Å². The highest BCUT2D eigenvalue weighted by atomic mass is 16.5. The number of allylic oxidation sites excluding steroid dienone is 2. The van der Waals surface area contributed by atoms with Gasteiger partial charge in [-0.15, -0.1) is 0 Å². The van der Waals surface area contributed by atoms with Gasteiger partial charge in [-0.25, -0.2) is 0 Å². The van der Waals surface area contributed by atoms with Crippen molar-refractivity contribution in [1.82, 2.24) is 0 Å². The molecule has 0 bridgehead atoms. The number of carbonyl (C=O) groups is 2. The second-order valence-electron chi connectivity index (χ2n) is 10.7. The first-order valence-corrected chi connectivity index (χ1v) is 11.7. The zero-order valence-corrected chi connectivity index (χ0v) is 18.6. The topological polar surface area (TPSA) is 52.6 Å². The number of esters is 1. The molecule has 4 aliphatic rings. The first-order valence-electron chi connectivity index (χ1n) is 11.7. The van der Waals surface area contributed by atoms with E-state index < -0.39 is 0 Å². The van der Waals surface area contributed by atoms with Gasteiger partial charge in [0.15, 0.2) is 0 Å². The van der Waals surface area contributed by atoms with Crippen molar-refractivity contribution in [3.8, 4) is 0 Å². The number of rotatable bonds is 4. The molecule has 0 amide bonds. The lowest BCUT2D eigenvalue weighted by atomic mass is 9.44. The molecule has 162 valence electrons. The Morgan fingerprint density at radius 3 is 2.38 bits per heavy atom. The van der Waals surface area contributed by atoms with Gasteiger partial charge in [0.1, 0.15) is 18.1 Å². The molecule has 0 spiro atoms. The molecular formula is C25H38O4. The number of carbonyl (C=O) groups excluding carboxylic acids is 2. The summed E-state index contributed by atoms with van der Waals surface area (Å²) in [7, 11) is 1.71. The van der Waals surface area contributed by atoms with Crippen molar-refractivity contribution >= 4 is 12.3 Å². The average molecular weight is 403 g/mol. The quantitative estimate of drug-likeness (QED) is 0.277. The highest BCUT2D eigenvalue weighted by Crippen LogP contribution is 2.68. The van der Waals surface area contributed by atoms with Gasteiger partial charge in [0.05, 0.1) is 7.11 Å². The van der Waals surface area contributed by atoms with Crippen molar-refractivity contribution in [2.24, 2.45) is 40.4 Å². The molecule has 4 nitrogen and oxygen atoms in total. The third-order valence-corrected chi connectivity index (χ3v) is 9.76. The largest absolute Gasteiger partial charge is 0.501 e. The Labute approximate surface area is 175 Å². The molecule has 8 atom stereocenters. The van der Waals surface area contributed by atoms with Crippen LogP contribution in [0.3, 0.4) is 0 Å². The van der Waals surface area contributed by atoms with Gasteiger partial charge in [-0.05, 0) is 92.3 Å². The molecule has 0 saturated heterocycles. The maximum Gasteiger partial charge on any atom is 0.302 e. The first kappa shape index (κ1) is 20.9. The van der Waals surface area contributed by atoms with E-state index in [1.807, 2.05) is 0 Å². The molecule has 4 heteroatoms. The van der Waals surface area contributed by atoms with Crippen molar-refractivity contribution in [1.29, 1.82) is 0 Å². The van der Waals surface area contributed by atoms with Gasteiger partial charge in [-0.1, -0.05) is 13.8 Å². The Morgan fingerprint density at radius 2 is 1.69 bits per heavy atom. The van der Waals surface area contributed by atoms with Gasteiger partial charge in [0, 0.05) is 18.9 Å². The van der Waals surface area contributed by atoms with Crippen LogP contribution in [0.15, 0.2) is 11.8 Å². The van der Waals surface area contributed by atoms with E-state index >= 15 is 0 Å². The highest BCUT2D eigenvalue weighted by Gasteiger charge is 2.60. The van der Waals surface area contributed by atoms with Crippen molar-refractivity contribution in [2.45, 2.75) is 84.7 Å². The SMILES string of the molecule is COC(=CC=O)C1CCC2C3CCC4CC(OC(C)=O)CCC4(C)C3CCC12C. The number of hydrogen-bond acceptors (Lipinski definition) is 4. The summed E-state index contributed by atoms with van der Waals surface area (Å²) in [5.74, 6) is 4.15. The van der Waals surface area contributed by atoms with Crippen molar-refractivity contribution in [3.63, 3.8) is 0 Å². The molecule has 4 aliphatic carbocycles. The van der Waals surface area contributed by atoms with E-state index in [2.05, 4.69) is 13.8 Å².